The van der Waals surface area contributed by atoms with Crippen LogP contribution in [0.1, 0.15) is 29.2 Å². The van der Waals surface area contributed by atoms with Crippen LogP contribution in [0, 0.1) is 20.8 Å². The van der Waals surface area contributed by atoms with E-state index < -0.39 is 0 Å². The minimum atomic E-state index is -0.342. The number of hydrogen-bond acceptors (Lipinski definition) is 2. The van der Waals surface area contributed by atoms with Gasteiger partial charge in [0.15, 0.2) is 0 Å². The fourth-order valence-electron chi connectivity index (χ4n) is 2.44. The predicted molar refractivity (Wildman–Crippen MR) is 97.5 cm³/mol. The summed E-state index contributed by atoms with van der Waals surface area (Å²) in [6, 6.07) is 13.5. The maximum absolute atomic E-state index is 12.7. The third kappa shape index (κ3) is 4.32. The number of para-hydroxylation sites is 1. The molecule has 0 spiro atoms. The summed E-state index contributed by atoms with van der Waals surface area (Å²) in [5, 5.41) is 5.53. The minimum absolute atomic E-state index is 0.222. The molecule has 4 nitrogen and oxygen atoms in total. The minimum Gasteiger partial charge on any atom is -0.322 e. The second kappa shape index (κ2) is 7.59. The highest BCUT2D eigenvalue weighted by molar-refractivity contribution is 6.09. The molecule has 2 N–H and O–H groups in total. The first-order valence-electron chi connectivity index (χ1n) is 7.81. The molecule has 0 saturated heterocycles. The smallest absolute Gasteiger partial charge is 0.272 e. The van der Waals surface area contributed by atoms with E-state index in [1.165, 1.54) is 6.92 Å². The molecule has 0 aliphatic heterocycles. The third-order valence-electron chi connectivity index (χ3n) is 3.76. The first-order valence-corrected chi connectivity index (χ1v) is 7.81. The van der Waals surface area contributed by atoms with Crippen LogP contribution in [0.15, 0.2) is 48.2 Å². The molecular formula is C20H22N2O2. The van der Waals surface area contributed by atoms with Crippen LogP contribution in [-0.4, -0.2) is 11.8 Å². The molecule has 2 rings (SSSR count). The lowest BCUT2D eigenvalue weighted by atomic mass is 10.1. The van der Waals surface area contributed by atoms with E-state index in [-0.39, 0.29) is 17.5 Å². The topological polar surface area (TPSA) is 58.2 Å². The van der Waals surface area contributed by atoms with Gasteiger partial charge in [-0.05, 0) is 49.1 Å². The molecule has 0 aliphatic rings. The number of aryl methyl sites for hydroxylation is 3. The van der Waals surface area contributed by atoms with E-state index in [2.05, 4.69) is 10.6 Å². The van der Waals surface area contributed by atoms with Crippen molar-refractivity contribution in [2.75, 3.05) is 5.32 Å². The number of amides is 2. The molecule has 0 saturated carbocycles. The van der Waals surface area contributed by atoms with Gasteiger partial charge in [0, 0.05) is 12.6 Å². The molecule has 0 aliphatic carbocycles. The zero-order chi connectivity index (χ0) is 17.7. The van der Waals surface area contributed by atoms with Crippen molar-refractivity contribution in [2.24, 2.45) is 0 Å². The summed E-state index contributed by atoms with van der Waals surface area (Å²) in [6.45, 7) is 7.22. The third-order valence-corrected chi connectivity index (χ3v) is 3.76. The van der Waals surface area contributed by atoms with E-state index in [9.17, 15) is 9.59 Å². The molecule has 2 aromatic rings. The highest BCUT2D eigenvalue weighted by atomic mass is 16.2. The maximum atomic E-state index is 12.7. The van der Waals surface area contributed by atoms with Crippen molar-refractivity contribution in [3.8, 4) is 0 Å². The standard InChI is InChI=1S/C20H22N2O2/c1-13-8-5-6-11-17(13)12-18(21-16(4)23)20(24)22-19-14(2)9-7-10-15(19)3/h5-12H,1-4H3,(H,21,23)(H,22,24). The summed E-state index contributed by atoms with van der Waals surface area (Å²) in [4.78, 5) is 24.2. The van der Waals surface area contributed by atoms with Crippen molar-refractivity contribution in [3.63, 3.8) is 0 Å². The maximum Gasteiger partial charge on any atom is 0.272 e. The molecule has 0 aromatic heterocycles. The number of carbonyl (C=O) groups excluding carboxylic acids is 2. The van der Waals surface area contributed by atoms with Crippen LogP contribution in [0.3, 0.4) is 0 Å². The Balaban J connectivity index is 2.36. The van der Waals surface area contributed by atoms with Gasteiger partial charge in [0.25, 0.3) is 5.91 Å². The molecular weight excluding hydrogens is 300 g/mol. The largest absolute Gasteiger partial charge is 0.322 e. The average Bonchev–Trinajstić information content (AvgIpc) is 2.52. The second-order valence-electron chi connectivity index (χ2n) is 5.82. The van der Waals surface area contributed by atoms with Crippen LogP contribution in [-0.2, 0) is 9.59 Å². The van der Waals surface area contributed by atoms with E-state index in [4.69, 9.17) is 0 Å². The van der Waals surface area contributed by atoms with Crippen LogP contribution < -0.4 is 10.6 Å². The molecule has 0 heterocycles. The highest BCUT2D eigenvalue weighted by Crippen LogP contribution is 2.20. The summed E-state index contributed by atoms with van der Waals surface area (Å²) in [7, 11) is 0. The van der Waals surface area contributed by atoms with E-state index in [0.29, 0.717) is 0 Å². The fourth-order valence-corrected chi connectivity index (χ4v) is 2.44. The van der Waals surface area contributed by atoms with Gasteiger partial charge in [-0.25, -0.2) is 0 Å². The lowest BCUT2D eigenvalue weighted by Crippen LogP contribution is -2.29. The van der Waals surface area contributed by atoms with E-state index in [1.807, 2.05) is 63.2 Å². The van der Waals surface area contributed by atoms with Crippen molar-refractivity contribution in [1.29, 1.82) is 0 Å². The first-order chi connectivity index (χ1) is 11.4. The van der Waals surface area contributed by atoms with Crippen molar-refractivity contribution < 1.29 is 9.59 Å². The van der Waals surface area contributed by atoms with Gasteiger partial charge in [-0.15, -0.1) is 0 Å². The van der Waals surface area contributed by atoms with Crippen LogP contribution >= 0.6 is 0 Å². The van der Waals surface area contributed by atoms with Gasteiger partial charge in [-0.2, -0.15) is 0 Å². The zero-order valence-corrected chi connectivity index (χ0v) is 14.4. The van der Waals surface area contributed by atoms with Crippen molar-refractivity contribution in [1.82, 2.24) is 5.32 Å². The Hall–Kier alpha value is -2.88. The van der Waals surface area contributed by atoms with Crippen molar-refractivity contribution in [3.05, 3.63) is 70.4 Å². The number of hydrogen-bond donors (Lipinski definition) is 2. The quantitative estimate of drug-likeness (QED) is 0.843. The Morgan fingerprint density at radius 1 is 0.875 bits per heavy atom. The number of carbonyl (C=O) groups is 2. The summed E-state index contributed by atoms with van der Waals surface area (Å²) >= 11 is 0. The summed E-state index contributed by atoms with van der Waals surface area (Å²) in [5.41, 5.74) is 4.85. The Kier molecular flexibility index (Phi) is 5.53. The molecule has 24 heavy (non-hydrogen) atoms. The van der Waals surface area contributed by atoms with Gasteiger partial charge in [-0.1, -0.05) is 42.5 Å². The lowest BCUT2D eigenvalue weighted by Gasteiger charge is -2.14. The molecule has 2 aromatic carbocycles. The molecule has 0 unspecified atom stereocenters. The zero-order valence-electron chi connectivity index (χ0n) is 14.4. The molecule has 0 fully saturated rings. The normalized spacial score (nSPS) is 11.1. The number of nitrogens with one attached hydrogen (secondary N) is 2. The first kappa shape index (κ1) is 17.5. The molecule has 4 heteroatoms. The van der Waals surface area contributed by atoms with E-state index in [0.717, 1.165) is 27.9 Å². The lowest BCUT2D eigenvalue weighted by molar-refractivity contribution is -0.120. The van der Waals surface area contributed by atoms with Gasteiger partial charge in [0.2, 0.25) is 5.91 Å². The molecule has 0 atom stereocenters. The summed E-state index contributed by atoms with van der Waals surface area (Å²) < 4.78 is 0. The van der Waals surface area contributed by atoms with Crippen LogP contribution in [0.2, 0.25) is 0 Å². The Morgan fingerprint density at radius 3 is 2.04 bits per heavy atom. The van der Waals surface area contributed by atoms with Gasteiger partial charge in [-0.3, -0.25) is 9.59 Å². The Bertz CT molecular complexity index is 787. The fraction of sp³-hybridized carbons (Fsp3) is 0.200. The molecule has 0 radical (unpaired) electrons. The number of anilines is 1. The number of benzene rings is 2. The van der Waals surface area contributed by atoms with Gasteiger partial charge >= 0.3 is 0 Å². The average molecular weight is 322 g/mol. The van der Waals surface area contributed by atoms with Gasteiger partial charge < -0.3 is 10.6 Å². The Labute approximate surface area is 142 Å². The summed E-state index contributed by atoms with van der Waals surface area (Å²) in [6.07, 6.45) is 1.69. The van der Waals surface area contributed by atoms with Crippen LogP contribution in [0.4, 0.5) is 5.69 Å². The van der Waals surface area contributed by atoms with Gasteiger partial charge in [0.05, 0.1) is 0 Å². The van der Waals surface area contributed by atoms with E-state index in [1.54, 1.807) is 6.08 Å². The van der Waals surface area contributed by atoms with E-state index >= 15 is 0 Å². The highest BCUT2D eigenvalue weighted by Gasteiger charge is 2.14. The van der Waals surface area contributed by atoms with Crippen molar-refractivity contribution >= 4 is 23.6 Å². The summed E-state index contributed by atoms with van der Waals surface area (Å²) in [5.74, 6) is -0.627. The van der Waals surface area contributed by atoms with Crippen molar-refractivity contribution in [2.45, 2.75) is 27.7 Å². The predicted octanol–water partition coefficient (Wildman–Crippen LogP) is 3.73. The Morgan fingerprint density at radius 2 is 1.46 bits per heavy atom. The SMILES string of the molecule is CC(=O)NC(=Cc1ccccc1C)C(=O)Nc1c(C)cccc1C. The number of rotatable bonds is 4. The van der Waals surface area contributed by atoms with Crippen LogP contribution in [0.5, 0.6) is 0 Å². The molecule has 2 amide bonds. The van der Waals surface area contributed by atoms with Crippen LogP contribution in [0.25, 0.3) is 6.08 Å². The van der Waals surface area contributed by atoms with Gasteiger partial charge in [0.1, 0.15) is 5.70 Å². The molecule has 124 valence electrons. The monoisotopic (exact) mass is 322 g/mol. The second-order valence-corrected chi connectivity index (χ2v) is 5.82. The molecule has 0 bridgehead atoms.